The van der Waals surface area contributed by atoms with E-state index in [-0.39, 0.29) is 0 Å². The molecule has 3 heterocycles. The van der Waals surface area contributed by atoms with Crippen LogP contribution in [-0.4, -0.2) is 13.9 Å². The zero-order chi connectivity index (χ0) is 48.0. The van der Waals surface area contributed by atoms with Crippen LogP contribution >= 0.6 is 34.0 Å². The lowest BCUT2D eigenvalue weighted by Gasteiger charge is -2.26. The van der Waals surface area contributed by atoms with E-state index in [9.17, 15) is 21.6 Å². The van der Waals surface area contributed by atoms with Crippen molar-refractivity contribution in [3.05, 3.63) is 182 Å². The third-order valence-corrected chi connectivity index (χ3v) is 15.2. The molecular formula is C56H50F3NO3S4. The number of alkyl halides is 3. The van der Waals surface area contributed by atoms with Gasteiger partial charge in [0.15, 0.2) is 0 Å². The second-order valence-electron chi connectivity index (χ2n) is 14.9. The summed E-state index contributed by atoms with van der Waals surface area (Å²) in [5, 5.41) is 5.90. The summed E-state index contributed by atoms with van der Waals surface area (Å²) in [6.07, 6.45) is 5.01. The molecule has 0 bridgehead atoms. The monoisotopic (exact) mass is 969 g/mol. The van der Waals surface area contributed by atoms with Crippen molar-refractivity contribution in [1.82, 2.24) is 0 Å². The Morgan fingerprint density at radius 3 is 1.70 bits per heavy atom. The van der Waals surface area contributed by atoms with Gasteiger partial charge in [-0.1, -0.05) is 138 Å². The van der Waals surface area contributed by atoms with Gasteiger partial charge in [0, 0.05) is 73.3 Å². The average Bonchev–Trinajstić information content (AvgIpc) is 4.03. The van der Waals surface area contributed by atoms with E-state index in [1.807, 2.05) is 124 Å². The Morgan fingerprint density at radius 2 is 1.13 bits per heavy atom. The first-order valence-electron chi connectivity index (χ1n) is 22.0. The lowest BCUT2D eigenvalue weighted by molar-refractivity contribution is -0.0500. The predicted octanol–water partition coefficient (Wildman–Crippen LogP) is 19.3. The second-order valence-corrected chi connectivity index (χ2v) is 19.7. The van der Waals surface area contributed by atoms with Crippen LogP contribution in [0.1, 0.15) is 48.0 Å². The first-order chi connectivity index (χ1) is 32.3. The number of allylic oxidation sites excluding steroid dienone is 4. The van der Waals surface area contributed by atoms with Crippen molar-refractivity contribution >= 4 is 122 Å². The van der Waals surface area contributed by atoms with Crippen molar-refractivity contribution in [3.63, 3.8) is 0 Å². The van der Waals surface area contributed by atoms with Crippen LogP contribution in [0.3, 0.4) is 0 Å². The number of nitrogens with zero attached hydrogens (tertiary/aromatic N) is 1. The second kappa shape index (κ2) is 20.7. The molecule has 10 aromatic rings. The van der Waals surface area contributed by atoms with Crippen molar-refractivity contribution in [1.29, 1.82) is 0 Å². The van der Waals surface area contributed by atoms with Crippen LogP contribution in [0.2, 0.25) is 0 Å². The fourth-order valence-electron chi connectivity index (χ4n) is 7.82. The molecule has 0 saturated carbocycles. The normalized spacial score (nSPS) is 11.7. The molecule has 0 N–H and O–H groups in total. The smallest absolute Gasteiger partial charge is 0.376 e. The first kappa shape index (κ1) is 48.7. The molecule has 67 heavy (non-hydrogen) atoms. The van der Waals surface area contributed by atoms with Gasteiger partial charge in [-0.25, -0.2) is 0 Å². The zero-order valence-electron chi connectivity index (χ0n) is 38.1. The van der Waals surface area contributed by atoms with Crippen LogP contribution in [0.15, 0.2) is 182 Å². The molecule has 0 saturated heterocycles. The summed E-state index contributed by atoms with van der Waals surface area (Å²) >= 11 is 4.88. The van der Waals surface area contributed by atoms with Crippen molar-refractivity contribution < 1.29 is 25.8 Å². The molecule has 0 unspecified atom stereocenters. The van der Waals surface area contributed by atoms with Gasteiger partial charge in [-0.3, -0.25) is 0 Å². The number of para-hydroxylation sites is 1. The summed E-state index contributed by atoms with van der Waals surface area (Å²) in [4.78, 5) is 1.95. The number of rotatable bonds is 9. The highest BCUT2D eigenvalue weighted by Crippen LogP contribution is 2.49. The maximum Gasteiger partial charge on any atom is 0.534 e. The maximum absolute atomic E-state index is 13.8. The van der Waals surface area contributed by atoms with Crippen LogP contribution < -0.4 is 9.08 Å². The Morgan fingerprint density at radius 1 is 0.612 bits per heavy atom. The Labute approximate surface area is 402 Å². The molecule has 0 aliphatic rings. The zero-order valence-corrected chi connectivity index (χ0v) is 41.3. The Hall–Kier alpha value is -6.24. The van der Waals surface area contributed by atoms with E-state index >= 15 is 0 Å². The Bertz CT molecular complexity index is 3550. The van der Waals surface area contributed by atoms with E-state index in [2.05, 4.69) is 80.8 Å². The first-order valence-corrected chi connectivity index (χ1v) is 25.9. The topological polar surface area (TPSA) is 46.6 Å². The summed E-state index contributed by atoms with van der Waals surface area (Å²) in [5.74, 6) is -0.435. The molecule has 0 aliphatic carbocycles. The summed E-state index contributed by atoms with van der Waals surface area (Å²) < 4.78 is 77.3. The minimum absolute atomic E-state index is 0.435. The highest BCUT2D eigenvalue weighted by atomic mass is 32.2. The fourth-order valence-corrected chi connectivity index (χ4v) is 11.7. The molecule has 342 valence electrons. The predicted molar refractivity (Wildman–Crippen MR) is 287 cm³/mol. The van der Waals surface area contributed by atoms with E-state index in [0.29, 0.717) is 11.1 Å². The van der Waals surface area contributed by atoms with Gasteiger partial charge in [0.25, 0.3) is 0 Å². The molecule has 4 nitrogen and oxygen atoms in total. The standard InChI is InChI=1S/C43H24F3NO3S4.C9H14.2C2H6/c44-43(45,46)54(48,49)50-29-23-35-34-21-26(25-14-18-39-33(20-25)31-11-5-7-13-38(31)51-39)15-19-40(34)53-42(35)36(24-29)47(27-8-2-1-3-9-27)28-16-17-32-30-10-4-6-12-37(30)52-41(32)22-28;1-5-7-9(6-2)8(3)4;2*1-2/h1-24H;6-7H,2-3,5H2,1,4H3;2*1-2H3/b;9-7-;;. The van der Waals surface area contributed by atoms with Crippen molar-refractivity contribution in [2.75, 3.05) is 4.90 Å². The molecule has 0 aliphatic heterocycles. The molecule has 0 amide bonds. The molecule has 7 aromatic carbocycles. The molecule has 3 aromatic heterocycles. The van der Waals surface area contributed by atoms with Crippen molar-refractivity contribution in [2.45, 2.75) is 53.5 Å². The van der Waals surface area contributed by atoms with Gasteiger partial charge in [-0.15, -0.1) is 34.0 Å². The summed E-state index contributed by atoms with van der Waals surface area (Å²) in [5.41, 5.74) is 0.538. The average molecular weight is 970 g/mol. The minimum atomic E-state index is -5.97. The number of benzene rings is 7. The maximum atomic E-state index is 13.8. The molecule has 0 radical (unpaired) electrons. The largest absolute Gasteiger partial charge is 0.534 e. The van der Waals surface area contributed by atoms with Crippen LogP contribution in [0, 0.1) is 0 Å². The molecule has 0 atom stereocenters. The van der Waals surface area contributed by atoms with E-state index in [1.54, 1.807) is 22.7 Å². The van der Waals surface area contributed by atoms with Crippen LogP contribution in [-0.2, 0) is 10.1 Å². The molecule has 0 spiro atoms. The van der Waals surface area contributed by atoms with Gasteiger partial charge < -0.3 is 9.08 Å². The number of thiophene rings is 3. The number of fused-ring (bicyclic) bond motifs is 9. The van der Waals surface area contributed by atoms with Gasteiger partial charge in [-0.2, -0.15) is 21.6 Å². The van der Waals surface area contributed by atoms with E-state index in [4.69, 9.17) is 4.18 Å². The molecule has 10 rings (SSSR count). The van der Waals surface area contributed by atoms with Gasteiger partial charge in [0.2, 0.25) is 0 Å². The summed E-state index contributed by atoms with van der Waals surface area (Å²) in [6.45, 7) is 19.6. The highest BCUT2D eigenvalue weighted by molar-refractivity contribution is 7.88. The number of hydrogen-bond donors (Lipinski definition) is 0. The van der Waals surface area contributed by atoms with E-state index in [0.717, 1.165) is 80.4 Å². The highest BCUT2D eigenvalue weighted by Gasteiger charge is 2.48. The van der Waals surface area contributed by atoms with Gasteiger partial charge in [0.05, 0.1) is 10.4 Å². The van der Waals surface area contributed by atoms with Gasteiger partial charge in [-0.05, 0) is 96.8 Å². The molecule has 11 heteroatoms. The van der Waals surface area contributed by atoms with Crippen LogP contribution in [0.25, 0.3) is 71.6 Å². The molecule has 0 fully saturated rings. The lowest BCUT2D eigenvalue weighted by atomic mass is 10.0. The van der Waals surface area contributed by atoms with Crippen molar-refractivity contribution in [3.8, 4) is 16.9 Å². The summed E-state index contributed by atoms with van der Waals surface area (Å²) in [6, 6.07) is 47.3. The van der Waals surface area contributed by atoms with E-state index in [1.165, 1.54) is 38.3 Å². The van der Waals surface area contributed by atoms with Crippen molar-refractivity contribution in [2.24, 2.45) is 0 Å². The van der Waals surface area contributed by atoms with Gasteiger partial charge in [0.1, 0.15) is 5.75 Å². The number of halogens is 3. The van der Waals surface area contributed by atoms with Gasteiger partial charge >= 0.3 is 15.6 Å². The number of hydrogen-bond acceptors (Lipinski definition) is 7. The third-order valence-electron chi connectivity index (χ3n) is 10.7. The Balaban J connectivity index is 0.000000458. The fraction of sp³-hybridized carbons (Fsp3) is 0.143. The molecular weight excluding hydrogens is 920 g/mol. The summed E-state index contributed by atoms with van der Waals surface area (Å²) in [7, 11) is -5.97. The third kappa shape index (κ3) is 9.92. The van der Waals surface area contributed by atoms with Crippen LogP contribution in [0.5, 0.6) is 5.75 Å². The lowest BCUT2D eigenvalue weighted by Crippen LogP contribution is -2.28. The number of anilines is 3. The van der Waals surface area contributed by atoms with Crippen LogP contribution in [0.4, 0.5) is 30.2 Å². The quantitative estimate of drug-likeness (QED) is 0.0821. The Kier molecular flexibility index (Phi) is 15.1. The SMILES string of the molecule is C=C/C(=C/CC)C(=C)C.CC.CC.O=S(=O)(Oc1cc(N(c2ccccc2)c2ccc3c(c2)sc2ccccc23)c2sc3ccc(-c4ccc5sc6ccccc6c5c4)cc3c2c1)C(F)(F)F. The van der Waals surface area contributed by atoms with E-state index < -0.39 is 21.4 Å². The minimum Gasteiger partial charge on any atom is -0.376 e.